The number of aromatic hydroxyl groups is 1. The zero-order valence-corrected chi connectivity index (χ0v) is 14.1. The molecule has 1 aliphatic rings. The van der Waals surface area contributed by atoms with Crippen molar-refractivity contribution < 1.29 is 9.84 Å². The normalized spacial score (nSPS) is 20.1. The first-order chi connectivity index (χ1) is 11.2. The van der Waals surface area contributed by atoms with Gasteiger partial charge in [0.25, 0.3) is 0 Å². The molecular formula is C21H26O2. The highest BCUT2D eigenvalue weighted by Crippen LogP contribution is 2.44. The average Bonchev–Trinajstić information content (AvgIpc) is 2.59. The summed E-state index contributed by atoms with van der Waals surface area (Å²) in [5.41, 5.74) is 3.79. The number of hydrogen-bond donors (Lipinski definition) is 1. The number of rotatable bonds is 5. The van der Waals surface area contributed by atoms with Gasteiger partial charge in [-0.3, -0.25) is 0 Å². The fourth-order valence-corrected chi connectivity index (χ4v) is 3.88. The first-order valence-electron chi connectivity index (χ1n) is 8.75. The summed E-state index contributed by atoms with van der Waals surface area (Å²) in [4.78, 5) is 0. The van der Waals surface area contributed by atoms with Crippen molar-refractivity contribution in [2.24, 2.45) is 5.92 Å². The van der Waals surface area contributed by atoms with E-state index in [9.17, 15) is 5.11 Å². The molecule has 0 spiro atoms. The Morgan fingerprint density at radius 1 is 1.09 bits per heavy atom. The lowest BCUT2D eigenvalue weighted by atomic mass is 9.72. The van der Waals surface area contributed by atoms with Crippen molar-refractivity contribution in [3.8, 4) is 11.5 Å². The summed E-state index contributed by atoms with van der Waals surface area (Å²) in [5, 5.41) is 10.3. The molecule has 0 bridgehead atoms. The van der Waals surface area contributed by atoms with E-state index in [1.165, 1.54) is 24.0 Å². The number of fused-ring (bicyclic) bond motifs is 1. The first kappa shape index (κ1) is 15.9. The molecule has 2 atom stereocenters. The van der Waals surface area contributed by atoms with Crippen LogP contribution in [-0.4, -0.2) is 5.11 Å². The Balaban J connectivity index is 1.85. The Morgan fingerprint density at radius 3 is 2.57 bits per heavy atom. The van der Waals surface area contributed by atoms with Gasteiger partial charge in [0.15, 0.2) is 11.5 Å². The van der Waals surface area contributed by atoms with E-state index in [2.05, 4.69) is 19.9 Å². The summed E-state index contributed by atoms with van der Waals surface area (Å²) in [5.74, 6) is 2.22. The molecule has 0 aromatic heterocycles. The van der Waals surface area contributed by atoms with Gasteiger partial charge >= 0.3 is 0 Å². The van der Waals surface area contributed by atoms with Gasteiger partial charge in [-0.2, -0.15) is 0 Å². The number of benzene rings is 2. The summed E-state index contributed by atoms with van der Waals surface area (Å²) < 4.78 is 5.90. The van der Waals surface area contributed by atoms with E-state index >= 15 is 0 Å². The lowest BCUT2D eigenvalue weighted by Gasteiger charge is -2.33. The number of ether oxygens (including phenoxy) is 1. The van der Waals surface area contributed by atoms with Crippen LogP contribution < -0.4 is 4.74 Å². The maximum absolute atomic E-state index is 10.3. The third kappa shape index (κ3) is 3.36. The van der Waals surface area contributed by atoms with Crippen LogP contribution in [0.5, 0.6) is 11.5 Å². The molecule has 2 aromatic rings. The molecule has 122 valence electrons. The second-order valence-corrected chi connectivity index (χ2v) is 6.51. The predicted octanol–water partition coefficient (Wildman–Crippen LogP) is 5.44. The van der Waals surface area contributed by atoms with E-state index in [0.717, 1.165) is 24.3 Å². The average molecular weight is 310 g/mol. The highest BCUT2D eigenvalue weighted by Gasteiger charge is 2.28. The van der Waals surface area contributed by atoms with E-state index in [4.69, 9.17) is 4.74 Å². The highest BCUT2D eigenvalue weighted by molar-refractivity contribution is 5.49. The molecule has 23 heavy (non-hydrogen) atoms. The Morgan fingerprint density at radius 2 is 1.87 bits per heavy atom. The molecule has 0 saturated heterocycles. The van der Waals surface area contributed by atoms with Gasteiger partial charge in [-0.1, -0.05) is 50.6 Å². The molecular weight excluding hydrogens is 284 g/mol. The number of hydrogen-bond acceptors (Lipinski definition) is 2. The fraction of sp³-hybridized carbons (Fsp3) is 0.429. The number of aryl methyl sites for hydroxylation is 1. The van der Waals surface area contributed by atoms with Crippen LogP contribution in [0.2, 0.25) is 0 Å². The van der Waals surface area contributed by atoms with Gasteiger partial charge in [0.2, 0.25) is 0 Å². The van der Waals surface area contributed by atoms with Gasteiger partial charge < -0.3 is 9.84 Å². The van der Waals surface area contributed by atoms with Gasteiger partial charge in [0.05, 0.1) is 0 Å². The molecule has 0 heterocycles. The minimum absolute atomic E-state index is 0.268. The molecule has 0 aliphatic heterocycles. The Bertz CT molecular complexity index is 648. The minimum Gasteiger partial charge on any atom is -0.504 e. The van der Waals surface area contributed by atoms with Crippen molar-refractivity contribution in [3.05, 3.63) is 59.2 Å². The van der Waals surface area contributed by atoms with Crippen LogP contribution in [0, 0.1) is 5.92 Å². The van der Waals surface area contributed by atoms with Gasteiger partial charge in [0.1, 0.15) is 6.61 Å². The SMILES string of the molecule is CCC1CCc2cc(O)c(OCc3ccccc3)cc2C1CC. The summed E-state index contributed by atoms with van der Waals surface area (Å²) in [6, 6.07) is 14.1. The second kappa shape index (κ2) is 7.08. The quantitative estimate of drug-likeness (QED) is 0.797. The van der Waals surface area contributed by atoms with Crippen LogP contribution in [0.15, 0.2) is 42.5 Å². The van der Waals surface area contributed by atoms with Gasteiger partial charge in [-0.25, -0.2) is 0 Å². The van der Waals surface area contributed by atoms with E-state index < -0.39 is 0 Å². The number of phenolic OH excluding ortho intramolecular Hbond substituents is 1. The molecule has 3 rings (SSSR count). The lowest BCUT2D eigenvalue weighted by Crippen LogP contribution is -2.20. The Kier molecular flexibility index (Phi) is 4.90. The molecule has 2 unspecified atom stereocenters. The lowest BCUT2D eigenvalue weighted by molar-refractivity contribution is 0.285. The van der Waals surface area contributed by atoms with Crippen LogP contribution in [0.1, 0.15) is 55.7 Å². The molecule has 0 radical (unpaired) electrons. The Hall–Kier alpha value is -1.96. The molecule has 1 aliphatic carbocycles. The van der Waals surface area contributed by atoms with Crippen LogP contribution in [0.25, 0.3) is 0 Å². The largest absolute Gasteiger partial charge is 0.504 e. The van der Waals surface area contributed by atoms with E-state index in [-0.39, 0.29) is 5.75 Å². The second-order valence-electron chi connectivity index (χ2n) is 6.51. The zero-order chi connectivity index (χ0) is 16.2. The number of phenols is 1. The van der Waals surface area contributed by atoms with Gasteiger partial charge in [-0.15, -0.1) is 0 Å². The van der Waals surface area contributed by atoms with Crippen molar-refractivity contribution in [3.63, 3.8) is 0 Å². The van der Waals surface area contributed by atoms with Crippen molar-refractivity contribution in [1.82, 2.24) is 0 Å². The summed E-state index contributed by atoms with van der Waals surface area (Å²) in [6.45, 7) is 5.03. The fourth-order valence-electron chi connectivity index (χ4n) is 3.88. The van der Waals surface area contributed by atoms with Crippen molar-refractivity contribution in [2.45, 2.75) is 52.1 Å². The standard InChI is InChI=1S/C21H26O2/c1-3-16-10-11-17-12-20(22)21(13-19(17)18(16)4-2)23-14-15-8-6-5-7-9-15/h5-9,12-13,16,18,22H,3-4,10-11,14H2,1-2H3. The third-order valence-electron chi connectivity index (χ3n) is 5.18. The van der Waals surface area contributed by atoms with Crippen molar-refractivity contribution in [2.75, 3.05) is 0 Å². The maximum Gasteiger partial charge on any atom is 0.161 e. The van der Waals surface area contributed by atoms with Crippen LogP contribution in [0.4, 0.5) is 0 Å². The zero-order valence-electron chi connectivity index (χ0n) is 14.1. The maximum atomic E-state index is 10.3. The smallest absolute Gasteiger partial charge is 0.161 e. The predicted molar refractivity (Wildman–Crippen MR) is 94.0 cm³/mol. The summed E-state index contributed by atoms with van der Waals surface area (Å²) in [7, 11) is 0. The third-order valence-corrected chi connectivity index (χ3v) is 5.18. The molecule has 0 fully saturated rings. The molecule has 0 amide bonds. The van der Waals surface area contributed by atoms with Crippen molar-refractivity contribution >= 4 is 0 Å². The van der Waals surface area contributed by atoms with Crippen LogP contribution in [0.3, 0.4) is 0 Å². The minimum atomic E-state index is 0.268. The van der Waals surface area contributed by atoms with E-state index in [0.29, 0.717) is 18.3 Å². The topological polar surface area (TPSA) is 29.5 Å². The first-order valence-corrected chi connectivity index (χ1v) is 8.75. The summed E-state index contributed by atoms with van der Waals surface area (Å²) >= 11 is 0. The van der Waals surface area contributed by atoms with E-state index in [1.807, 2.05) is 36.4 Å². The summed E-state index contributed by atoms with van der Waals surface area (Å²) in [6.07, 6.45) is 4.66. The molecule has 2 nitrogen and oxygen atoms in total. The van der Waals surface area contributed by atoms with E-state index in [1.54, 1.807) is 0 Å². The van der Waals surface area contributed by atoms with Crippen molar-refractivity contribution in [1.29, 1.82) is 0 Å². The van der Waals surface area contributed by atoms with Gasteiger partial charge in [0, 0.05) is 0 Å². The van der Waals surface area contributed by atoms with Gasteiger partial charge in [-0.05, 0) is 59.9 Å². The van der Waals surface area contributed by atoms with Crippen LogP contribution >= 0.6 is 0 Å². The molecule has 0 saturated carbocycles. The molecule has 2 heteroatoms. The molecule has 2 aromatic carbocycles. The Labute approximate surface area is 139 Å². The highest BCUT2D eigenvalue weighted by atomic mass is 16.5. The monoisotopic (exact) mass is 310 g/mol. The molecule has 1 N–H and O–H groups in total. The van der Waals surface area contributed by atoms with Crippen LogP contribution in [-0.2, 0) is 13.0 Å².